The second-order valence-electron chi connectivity index (χ2n) is 6.63. The molecule has 0 fully saturated rings. The van der Waals surface area contributed by atoms with Crippen LogP contribution in [0.5, 0.6) is 0 Å². The van der Waals surface area contributed by atoms with E-state index < -0.39 is 0 Å². The number of rotatable bonds is 5. The Bertz CT molecular complexity index is 1210. The SMILES string of the molecule is Cc1ccc(/C=C/C(=O)c2ccc3nc(NC(=O)c4ccccc4)sc3c2)cc1. The smallest absolute Gasteiger partial charge is 0.257 e. The Labute approximate surface area is 172 Å². The van der Waals surface area contributed by atoms with Gasteiger partial charge in [-0.05, 0) is 48.9 Å². The maximum atomic E-state index is 12.5. The molecule has 0 spiro atoms. The molecule has 0 saturated heterocycles. The number of hydrogen-bond acceptors (Lipinski definition) is 4. The average molecular weight is 398 g/mol. The van der Waals surface area contributed by atoms with Crippen molar-refractivity contribution in [1.82, 2.24) is 4.98 Å². The van der Waals surface area contributed by atoms with Crippen LogP contribution >= 0.6 is 11.3 Å². The van der Waals surface area contributed by atoms with Crippen LogP contribution in [-0.4, -0.2) is 16.7 Å². The molecular formula is C24H18N2O2S. The van der Waals surface area contributed by atoms with E-state index in [-0.39, 0.29) is 11.7 Å². The largest absolute Gasteiger partial charge is 0.298 e. The zero-order valence-corrected chi connectivity index (χ0v) is 16.6. The maximum Gasteiger partial charge on any atom is 0.257 e. The van der Waals surface area contributed by atoms with Crippen LogP contribution in [0.3, 0.4) is 0 Å². The standard InChI is InChI=1S/C24H18N2O2S/c1-16-7-9-17(10-8-16)11-14-21(27)19-12-13-20-22(15-19)29-24(25-20)26-23(28)18-5-3-2-4-6-18/h2-15H,1H3,(H,25,26,28)/b14-11+. The third-order valence-corrected chi connectivity index (χ3v) is 5.37. The minimum absolute atomic E-state index is 0.0734. The van der Waals surface area contributed by atoms with Crippen LogP contribution in [0.1, 0.15) is 31.8 Å². The summed E-state index contributed by atoms with van der Waals surface area (Å²) in [6, 6.07) is 22.3. The first-order valence-electron chi connectivity index (χ1n) is 9.14. The van der Waals surface area contributed by atoms with Gasteiger partial charge >= 0.3 is 0 Å². The zero-order chi connectivity index (χ0) is 20.2. The molecule has 0 aliphatic carbocycles. The number of fused-ring (bicyclic) bond motifs is 1. The molecule has 1 aromatic heterocycles. The van der Waals surface area contributed by atoms with E-state index in [0.717, 1.165) is 15.8 Å². The summed E-state index contributed by atoms with van der Waals surface area (Å²) in [7, 11) is 0. The monoisotopic (exact) mass is 398 g/mol. The van der Waals surface area contributed by atoms with Gasteiger partial charge in [-0.1, -0.05) is 65.4 Å². The predicted molar refractivity (Wildman–Crippen MR) is 119 cm³/mol. The summed E-state index contributed by atoms with van der Waals surface area (Å²) >= 11 is 1.35. The van der Waals surface area contributed by atoms with Gasteiger partial charge in [0.15, 0.2) is 10.9 Å². The summed E-state index contributed by atoms with van der Waals surface area (Å²) in [6.07, 6.45) is 3.38. The van der Waals surface area contributed by atoms with Gasteiger partial charge in [0.25, 0.3) is 5.91 Å². The Balaban J connectivity index is 1.51. The third kappa shape index (κ3) is 4.47. The van der Waals surface area contributed by atoms with Gasteiger partial charge in [-0.15, -0.1) is 0 Å². The fourth-order valence-electron chi connectivity index (χ4n) is 2.84. The first-order valence-corrected chi connectivity index (χ1v) is 9.96. The van der Waals surface area contributed by atoms with E-state index in [1.165, 1.54) is 16.9 Å². The number of hydrogen-bond donors (Lipinski definition) is 1. The summed E-state index contributed by atoms with van der Waals surface area (Å²) in [4.78, 5) is 29.3. The molecule has 0 saturated carbocycles. The van der Waals surface area contributed by atoms with Gasteiger partial charge in [0.1, 0.15) is 0 Å². The van der Waals surface area contributed by atoms with Crippen molar-refractivity contribution >= 4 is 44.5 Å². The van der Waals surface area contributed by atoms with Crippen molar-refractivity contribution in [3.8, 4) is 0 Å². The van der Waals surface area contributed by atoms with Crippen molar-refractivity contribution in [3.05, 3.63) is 101 Å². The molecule has 0 bridgehead atoms. The number of ketones is 1. The molecule has 5 heteroatoms. The lowest BCUT2D eigenvalue weighted by molar-refractivity contribution is 0.102. The molecule has 142 valence electrons. The number of benzene rings is 3. The number of allylic oxidation sites excluding steroid dienone is 1. The minimum atomic E-state index is -0.206. The number of anilines is 1. The normalized spacial score (nSPS) is 11.1. The minimum Gasteiger partial charge on any atom is -0.298 e. The molecule has 0 aliphatic heterocycles. The highest BCUT2D eigenvalue weighted by Crippen LogP contribution is 2.27. The lowest BCUT2D eigenvalue weighted by Gasteiger charge is -2.00. The molecule has 4 nitrogen and oxygen atoms in total. The molecule has 4 rings (SSSR count). The molecule has 4 aromatic rings. The Kier molecular flexibility index (Phi) is 5.31. The quantitative estimate of drug-likeness (QED) is 0.344. The number of nitrogens with one attached hydrogen (secondary N) is 1. The molecule has 3 aromatic carbocycles. The lowest BCUT2D eigenvalue weighted by Crippen LogP contribution is -2.11. The van der Waals surface area contributed by atoms with E-state index in [9.17, 15) is 9.59 Å². The third-order valence-electron chi connectivity index (χ3n) is 4.43. The first kappa shape index (κ1) is 18.8. The molecule has 1 heterocycles. The molecule has 0 aliphatic rings. The van der Waals surface area contributed by atoms with Gasteiger partial charge in [-0.3, -0.25) is 14.9 Å². The van der Waals surface area contributed by atoms with E-state index >= 15 is 0 Å². The van der Waals surface area contributed by atoms with Crippen LogP contribution in [0.25, 0.3) is 16.3 Å². The van der Waals surface area contributed by atoms with Crippen molar-refractivity contribution in [2.45, 2.75) is 6.92 Å². The Morgan fingerprint density at radius 3 is 2.45 bits per heavy atom. The van der Waals surface area contributed by atoms with Crippen molar-refractivity contribution in [2.24, 2.45) is 0 Å². The van der Waals surface area contributed by atoms with Crippen molar-refractivity contribution in [1.29, 1.82) is 0 Å². The highest BCUT2D eigenvalue weighted by molar-refractivity contribution is 7.22. The number of thiazole rings is 1. The van der Waals surface area contributed by atoms with Crippen molar-refractivity contribution in [2.75, 3.05) is 5.32 Å². The predicted octanol–water partition coefficient (Wildman–Crippen LogP) is 5.75. The van der Waals surface area contributed by atoms with Crippen LogP contribution < -0.4 is 5.32 Å². The van der Waals surface area contributed by atoms with Gasteiger partial charge < -0.3 is 0 Å². The Morgan fingerprint density at radius 1 is 0.931 bits per heavy atom. The lowest BCUT2D eigenvalue weighted by atomic mass is 10.1. The summed E-state index contributed by atoms with van der Waals surface area (Å²) in [5, 5.41) is 3.33. The summed E-state index contributed by atoms with van der Waals surface area (Å²) < 4.78 is 0.850. The van der Waals surface area contributed by atoms with Crippen LogP contribution in [0.2, 0.25) is 0 Å². The zero-order valence-electron chi connectivity index (χ0n) is 15.8. The van der Waals surface area contributed by atoms with Crippen molar-refractivity contribution in [3.63, 3.8) is 0 Å². The van der Waals surface area contributed by atoms with Gasteiger partial charge in [0.2, 0.25) is 0 Å². The molecular weight excluding hydrogens is 380 g/mol. The number of carbonyl (C=O) groups excluding carboxylic acids is 2. The van der Waals surface area contributed by atoms with Gasteiger partial charge in [0, 0.05) is 11.1 Å². The highest BCUT2D eigenvalue weighted by atomic mass is 32.1. The maximum absolute atomic E-state index is 12.5. The molecule has 1 N–H and O–H groups in total. The van der Waals surface area contributed by atoms with Crippen LogP contribution in [0.15, 0.2) is 78.9 Å². The number of aryl methyl sites for hydroxylation is 1. The molecule has 0 radical (unpaired) electrons. The van der Waals surface area contributed by atoms with Gasteiger partial charge in [-0.25, -0.2) is 4.98 Å². The fourth-order valence-corrected chi connectivity index (χ4v) is 3.74. The number of nitrogens with zero attached hydrogens (tertiary/aromatic N) is 1. The van der Waals surface area contributed by atoms with E-state index in [1.54, 1.807) is 30.3 Å². The Morgan fingerprint density at radius 2 is 1.69 bits per heavy atom. The molecule has 0 unspecified atom stereocenters. The number of amides is 1. The van der Waals surface area contributed by atoms with E-state index in [4.69, 9.17) is 0 Å². The van der Waals surface area contributed by atoms with Crippen molar-refractivity contribution < 1.29 is 9.59 Å². The summed E-state index contributed by atoms with van der Waals surface area (Å²) in [5.74, 6) is -0.280. The average Bonchev–Trinajstić information content (AvgIpc) is 3.15. The van der Waals surface area contributed by atoms with Gasteiger partial charge in [0.05, 0.1) is 10.2 Å². The number of aromatic nitrogens is 1. The fraction of sp³-hybridized carbons (Fsp3) is 0.0417. The first-order chi connectivity index (χ1) is 14.1. The van der Waals surface area contributed by atoms with Crippen LogP contribution in [0.4, 0.5) is 5.13 Å². The van der Waals surface area contributed by atoms with E-state index in [0.29, 0.717) is 16.3 Å². The highest BCUT2D eigenvalue weighted by Gasteiger charge is 2.11. The molecule has 1 amide bonds. The molecule has 0 atom stereocenters. The summed E-state index contributed by atoms with van der Waals surface area (Å²) in [5.41, 5.74) is 4.07. The second-order valence-corrected chi connectivity index (χ2v) is 7.66. The van der Waals surface area contributed by atoms with Crippen LogP contribution in [0, 0.1) is 6.92 Å². The topological polar surface area (TPSA) is 59.1 Å². The van der Waals surface area contributed by atoms with Crippen LogP contribution in [-0.2, 0) is 0 Å². The molecule has 29 heavy (non-hydrogen) atoms. The Hall–Kier alpha value is -3.57. The second kappa shape index (κ2) is 8.20. The van der Waals surface area contributed by atoms with Gasteiger partial charge in [-0.2, -0.15) is 0 Å². The van der Waals surface area contributed by atoms with E-state index in [1.807, 2.05) is 61.5 Å². The van der Waals surface area contributed by atoms with E-state index in [2.05, 4.69) is 10.3 Å². The number of carbonyl (C=O) groups is 2. The summed E-state index contributed by atoms with van der Waals surface area (Å²) in [6.45, 7) is 2.03.